The Labute approximate surface area is 100.0 Å². The van der Waals surface area contributed by atoms with E-state index in [4.69, 9.17) is 27.9 Å². The lowest BCUT2D eigenvalue weighted by Crippen LogP contribution is -2.06. The molecule has 0 radical (unpaired) electrons. The van der Waals surface area contributed by atoms with E-state index < -0.39 is 0 Å². The highest BCUT2D eigenvalue weighted by molar-refractivity contribution is 6.55. The van der Waals surface area contributed by atoms with Crippen LogP contribution in [0.4, 0.5) is 0 Å². The van der Waals surface area contributed by atoms with Gasteiger partial charge < -0.3 is 4.74 Å². The molecule has 80 valence electrons. The van der Waals surface area contributed by atoms with Gasteiger partial charge in [0.25, 0.3) is 0 Å². The summed E-state index contributed by atoms with van der Waals surface area (Å²) < 4.78 is 5.72. The fourth-order valence-electron chi connectivity index (χ4n) is 1.09. The van der Waals surface area contributed by atoms with Crippen LogP contribution in [0, 0.1) is 0 Å². The molecule has 0 saturated heterocycles. The number of benzene rings is 1. The van der Waals surface area contributed by atoms with Crippen molar-refractivity contribution in [1.82, 2.24) is 0 Å². The van der Waals surface area contributed by atoms with Gasteiger partial charge in [-0.2, -0.15) is 0 Å². The van der Waals surface area contributed by atoms with Crippen LogP contribution in [0.5, 0.6) is 5.75 Å². The molecule has 0 aliphatic heterocycles. The minimum absolute atomic E-state index is 0.106. The van der Waals surface area contributed by atoms with E-state index in [0.717, 1.165) is 11.3 Å². The molecule has 1 rings (SSSR count). The van der Waals surface area contributed by atoms with Crippen molar-refractivity contribution in [3.63, 3.8) is 0 Å². The molecule has 0 bridgehead atoms. The highest BCUT2D eigenvalue weighted by Crippen LogP contribution is 2.20. The molecular weight excluding hydrogens is 231 g/mol. The molecule has 0 spiro atoms. The van der Waals surface area contributed by atoms with Gasteiger partial charge in [0.15, 0.2) is 0 Å². The molecule has 0 aliphatic carbocycles. The first-order valence-corrected chi connectivity index (χ1v) is 5.38. The predicted molar refractivity (Wildman–Crippen MR) is 65.4 cm³/mol. The van der Waals surface area contributed by atoms with E-state index in [2.05, 4.69) is 5.73 Å². The Bertz CT molecular complexity index is 386. The molecule has 0 amide bonds. The van der Waals surface area contributed by atoms with Gasteiger partial charge in [-0.1, -0.05) is 47.1 Å². The molecule has 0 aliphatic rings. The summed E-state index contributed by atoms with van der Waals surface area (Å²) in [5, 5.41) is 0. The maximum Gasteiger partial charge on any atom is 0.148 e. The third kappa shape index (κ3) is 4.44. The number of ether oxygens (including phenoxy) is 1. The molecule has 1 aromatic carbocycles. The third-order valence-corrected chi connectivity index (χ3v) is 1.84. The summed E-state index contributed by atoms with van der Waals surface area (Å²) in [5.74, 6) is 0.801. The van der Waals surface area contributed by atoms with E-state index in [1.807, 2.05) is 38.1 Å². The highest BCUT2D eigenvalue weighted by atomic mass is 35.5. The van der Waals surface area contributed by atoms with Crippen molar-refractivity contribution in [1.29, 1.82) is 0 Å². The van der Waals surface area contributed by atoms with Crippen LogP contribution >= 0.6 is 23.2 Å². The summed E-state index contributed by atoms with van der Waals surface area (Å²) in [4.78, 5) is 0. The van der Waals surface area contributed by atoms with Crippen LogP contribution in [0.25, 0.3) is 6.08 Å². The molecule has 0 heterocycles. The Balaban J connectivity index is 3.01. The zero-order valence-corrected chi connectivity index (χ0v) is 10.1. The van der Waals surface area contributed by atoms with Crippen molar-refractivity contribution in [3.8, 4) is 5.75 Å². The van der Waals surface area contributed by atoms with Crippen molar-refractivity contribution < 1.29 is 4.74 Å². The predicted octanol–water partition coefficient (Wildman–Crippen LogP) is 4.40. The van der Waals surface area contributed by atoms with Crippen LogP contribution in [0.15, 0.2) is 34.5 Å². The number of hydrogen-bond donors (Lipinski definition) is 0. The van der Waals surface area contributed by atoms with E-state index in [9.17, 15) is 0 Å². The van der Waals surface area contributed by atoms with E-state index in [0.29, 0.717) is 0 Å². The second-order valence-electron chi connectivity index (χ2n) is 3.25. The Morgan fingerprint density at radius 2 is 2.00 bits per heavy atom. The summed E-state index contributed by atoms with van der Waals surface area (Å²) >= 11 is 11.0. The lowest BCUT2D eigenvalue weighted by atomic mass is 10.2. The normalized spacial score (nSPS) is 9.67. The molecular formula is C12H12Cl2O. The fourth-order valence-corrected chi connectivity index (χ4v) is 1.20. The standard InChI is InChI=1S/C12H12Cl2O/c1-9(2)15-11-6-4-3-5-10(11)7-8-12(13)14/h3-7,9H,1-2H3. The third-order valence-electron chi connectivity index (χ3n) is 1.62. The monoisotopic (exact) mass is 242 g/mol. The number of para-hydroxylation sites is 1. The average molecular weight is 243 g/mol. The summed E-state index contributed by atoms with van der Waals surface area (Å²) in [6, 6.07) is 7.65. The van der Waals surface area contributed by atoms with Gasteiger partial charge in [0.2, 0.25) is 0 Å². The van der Waals surface area contributed by atoms with Crippen LogP contribution in [-0.4, -0.2) is 6.10 Å². The Kier molecular flexibility index (Phi) is 4.77. The van der Waals surface area contributed by atoms with Crippen LogP contribution in [-0.2, 0) is 0 Å². The van der Waals surface area contributed by atoms with Gasteiger partial charge in [0.05, 0.1) is 6.10 Å². The van der Waals surface area contributed by atoms with Crippen molar-refractivity contribution in [3.05, 3.63) is 40.1 Å². The number of halogens is 2. The molecule has 0 atom stereocenters. The average Bonchev–Trinajstić information content (AvgIpc) is 2.15. The summed E-state index contributed by atoms with van der Waals surface area (Å²) in [7, 11) is 0. The van der Waals surface area contributed by atoms with Crippen LogP contribution in [0.1, 0.15) is 19.4 Å². The lowest BCUT2D eigenvalue weighted by molar-refractivity contribution is 0.242. The molecule has 1 nitrogen and oxygen atoms in total. The molecule has 3 heteroatoms. The lowest BCUT2D eigenvalue weighted by Gasteiger charge is -2.11. The summed E-state index contributed by atoms with van der Waals surface area (Å²) in [6.45, 7) is 3.95. The number of rotatable bonds is 3. The van der Waals surface area contributed by atoms with E-state index in [-0.39, 0.29) is 10.6 Å². The van der Waals surface area contributed by atoms with Gasteiger partial charge in [-0.05, 0) is 26.0 Å². The molecule has 0 aromatic heterocycles. The van der Waals surface area contributed by atoms with Crippen LogP contribution in [0.3, 0.4) is 0 Å². The summed E-state index contributed by atoms with van der Waals surface area (Å²) in [5.41, 5.74) is 3.63. The molecule has 0 unspecified atom stereocenters. The Hall–Kier alpha value is -0.880. The maximum atomic E-state index is 5.61. The second kappa shape index (κ2) is 5.87. The van der Waals surface area contributed by atoms with Gasteiger partial charge in [0, 0.05) is 5.56 Å². The van der Waals surface area contributed by atoms with E-state index in [1.165, 1.54) is 0 Å². The van der Waals surface area contributed by atoms with Crippen molar-refractivity contribution in [2.75, 3.05) is 0 Å². The van der Waals surface area contributed by atoms with Gasteiger partial charge in [-0.25, -0.2) is 0 Å². The maximum absolute atomic E-state index is 5.61. The zero-order valence-electron chi connectivity index (χ0n) is 8.63. The first-order chi connectivity index (χ1) is 7.09. The largest absolute Gasteiger partial charge is 0.490 e. The summed E-state index contributed by atoms with van der Waals surface area (Å²) in [6.07, 6.45) is 1.84. The van der Waals surface area contributed by atoms with Crippen LogP contribution in [0.2, 0.25) is 0 Å². The van der Waals surface area contributed by atoms with Gasteiger partial charge in [0.1, 0.15) is 10.2 Å². The van der Waals surface area contributed by atoms with Gasteiger partial charge in [-0.15, -0.1) is 0 Å². The molecule has 0 N–H and O–H groups in total. The molecule has 0 saturated carbocycles. The van der Waals surface area contributed by atoms with Gasteiger partial charge >= 0.3 is 0 Å². The van der Waals surface area contributed by atoms with Crippen molar-refractivity contribution in [2.24, 2.45) is 0 Å². The van der Waals surface area contributed by atoms with Crippen molar-refractivity contribution >= 4 is 29.3 Å². The topological polar surface area (TPSA) is 9.23 Å². The van der Waals surface area contributed by atoms with E-state index in [1.54, 1.807) is 6.08 Å². The first-order valence-electron chi connectivity index (χ1n) is 4.63. The Morgan fingerprint density at radius 1 is 1.33 bits per heavy atom. The SMILES string of the molecule is CC(C)Oc1ccccc1C=C=C(Cl)Cl. The van der Waals surface area contributed by atoms with Gasteiger partial charge in [-0.3, -0.25) is 0 Å². The minimum Gasteiger partial charge on any atom is -0.490 e. The second-order valence-corrected chi connectivity index (χ2v) is 4.20. The number of hydrogen-bond acceptors (Lipinski definition) is 1. The smallest absolute Gasteiger partial charge is 0.148 e. The Morgan fingerprint density at radius 3 is 2.60 bits per heavy atom. The van der Waals surface area contributed by atoms with E-state index >= 15 is 0 Å². The van der Waals surface area contributed by atoms with Crippen LogP contribution < -0.4 is 4.74 Å². The minimum atomic E-state index is 0.106. The van der Waals surface area contributed by atoms with Crippen molar-refractivity contribution in [2.45, 2.75) is 20.0 Å². The highest BCUT2D eigenvalue weighted by Gasteiger charge is 2.01. The zero-order chi connectivity index (χ0) is 11.3. The quantitative estimate of drug-likeness (QED) is 0.714. The molecule has 15 heavy (non-hydrogen) atoms. The fraction of sp³-hybridized carbons (Fsp3) is 0.250. The molecule has 0 fully saturated rings. The first kappa shape index (κ1) is 12.2. The molecule has 1 aromatic rings.